The molecule has 1 aromatic rings. The first kappa shape index (κ1) is 7.73. The van der Waals surface area contributed by atoms with Gasteiger partial charge in [0.25, 0.3) is 0 Å². The SMILES string of the molecule is N#CC(N)c1ccsc1Br. The molecular formula is C6H5BrN2S. The fourth-order valence-corrected chi connectivity index (χ4v) is 1.96. The van der Waals surface area contributed by atoms with Gasteiger partial charge in [0.05, 0.1) is 9.86 Å². The van der Waals surface area contributed by atoms with Gasteiger partial charge in [0.15, 0.2) is 0 Å². The number of hydrogen-bond donors (Lipinski definition) is 1. The van der Waals surface area contributed by atoms with Gasteiger partial charge in [0.2, 0.25) is 0 Å². The smallest absolute Gasteiger partial charge is 0.120 e. The summed E-state index contributed by atoms with van der Waals surface area (Å²) in [5.41, 5.74) is 6.32. The number of nitrogens with two attached hydrogens (primary N) is 1. The van der Waals surface area contributed by atoms with Gasteiger partial charge in [0.1, 0.15) is 6.04 Å². The van der Waals surface area contributed by atoms with E-state index in [0.717, 1.165) is 9.35 Å². The minimum absolute atomic E-state index is 0.499. The Labute approximate surface area is 71.4 Å². The molecule has 2 nitrogen and oxygen atoms in total. The van der Waals surface area contributed by atoms with Crippen molar-refractivity contribution in [3.63, 3.8) is 0 Å². The molecular weight excluding hydrogens is 212 g/mol. The predicted molar refractivity (Wildman–Crippen MR) is 44.6 cm³/mol. The van der Waals surface area contributed by atoms with Crippen molar-refractivity contribution >= 4 is 27.3 Å². The quantitative estimate of drug-likeness (QED) is 0.782. The van der Waals surface area contributed by atoms with Crippen LogP contribution in [0.5, 0.6) is 0 Å². The van der Waals surface area contributed by atoms with Crippen molar-refractivity contribution in [3.05, 3.63) is 20.8 Å². The van der Waals surface area contributed by atoms with Gasteiger partial charge in [-0.15, -0.1) is 11.3 Å². The van der Waals surface area contributed by atoms with Crippen LogP contribution in [0.2, 0.25) is 0 Å². The molecule has 1 atom stereocenters. The van der Waals surface area contributed by atoms with Gasteiger partial charge in [-0.25, -0.2) is 0 Å². The first-order valence-electron chi connectivity index (χ1n) is 2.64. The lowest BCUT2D eigenvalue weighted by atomic mass is 10.2. The van der Waals surface area contributed by atoms with E-state index in [2.05, 4.69) is 15.9 Å². The molecule has 0 aromatic carbocycles. The fraction of sp³-hybridized carbons (Fsp3) is 0.167. The second-order valence-corrected chi connectivity index (χ2v) is 3.99. The average molecular weight is 217 g/mol. The number of nitriles is 1. The molecule has 0 bridgehead atoms. The Balaban J connectivity index is 2.96. The summed E-state index contributed by atoms with van der Waals surface area (Å²) in [5.74, 6) is 0. The molecule has 1 rings (SSSR count). The van der Waals surface area contributed by atoms with Crippen LogP contribution in [0.15, 0.2) is 15.2 Å². The van der Waals surface area contributed by atoms with E-state index in [-0.39, 0.29) is 0 Å². The van der Waals surface area contributed by atoms with E-state index in [4.69, 9.17) is 11.0 Å². The summed E-state index contributed by atoms with van der Waals surface area (Å²) in [6.07, 6.45) is 0. The largest absolute Gasteiger partial charge is 0.312 e. The molecule has 10 heavy (non-hydrogen) atoms. The lowest BCUT2D eigenvalue weighted by molar-refractivity contribution is 0.928. The standard InChI is InChI=1S/C6H5BrN2S/c7-6-4(1-2-10-6)5(9)3-8/h1-2,5H,9H2. The van der Waals surface area contributed by atoms with Gasteiger partial charge in [-0.3, -0.25) is 0 Å². The van der Waals surface area contributed by atoms with Crippen LogP contribution in [0.25, 0.3) is 0 Å². The first-order chi connectivity index (χ1) is 4.75. The molecule has 0 aliphatic carbocycles. The normalized spacial score (nSPS) is 12.5. The first-order valence-corrected chi connectivity index (χ1v) is 4.31. The predicted octanol–water partition coefficient (Wildman–Crippen LogP) is 2.03. The van der Waals surface area contributed by atoms with Crippen molar-refractivity contribution < 1.29 is 0 Å². The van der Waals surface area contributed by atoms with Crippen molar-refractivity contribution in [2.75, 3.05) is 0 Å². The van der Waals surface area contributed by atoms with Crippen molar-refractivity contribution in [3.8, 4) is 6.07 Å². The summed E-state index contributed by atoms with van der Waals surface area (Å²) < 4.78 is 0.946. The minimum Gasteiger partial charge on any atom is -0.312 e. The summed E-state index contributed by atoms with van der Waals surface area (Å²) in [6, 6.07) is 3.31. The fourth-order valence-electron chi connectivity index (χ4n) is 0.596. The highest BCUT2D eigenvalue weighted by atomic mass is 79.9. The third-order valence-electron chi connectivity index (χ3n) is 1.12. The molecule has 0 aliphatic heterocycles. The van der Waals surface area contributed by atoms with Crippen LogP contribution < -0.4 is 5.73 Å². The van der Waals surface area contributed by atoms with Crippen LogP contribution in [0.4, 0.5) is 0 Å². The zero-order chi connectivity index (χ0) is 7.56. The van der Waals surface area contributed by atoms with E-state index in [1.165, 1.54) is 11.3 Å². The van der Waals surface area contributed by atoms with Crippen LogP contribution >= 0.6 is 27.3 Å². The summed E-state index contributed by atoms with van der Waals surface area (Å²) >= 11 is 4.83. The van der Waals surface area contributed by atoms with E-state index >= 15 is 0 Å². The second kappa shape index (κ2) is 3.15. The van der Waals surface area contributed by atoms with Crippen molar-refractivity contribution in [2.24, 2.45) is 5.73 Å². The highest BCUT2D eigenvalue weighted by Gasteiger charge is 2.08. The maximum atomic E-state index is 8.44. The molecule has 0 saturated heterocycles. The monoisotopic (exact) mass is 216 g/mol. The minimum atomic E-state index is -0.499. The number of halogens is 1. The molecule has 1 aromatic heterocycles. The van der Waals surface area contributed by atoms with Crippen LogP contribution in [-0.4, -0.2) is 0 Å². The highest BCUT2D eigenvalue weighted by Crippen LogP contribution is 2.27. The molecule has 4 heteroatoms. The molecule has 52 valence electrons. The Morgan fingerprint density at radius 2 is 2.50 bits per heavy atom. The summed E-state index contributed by atoms with van der Waals surface area (Å²) in [4.78, 5) is 0. The van der Waals surface area contributed by atoms with Crippen LogP contribution in [0.3, 0.4) is 0 Å². The van der Waals surface area contributed by atoms with Crippen LogP contribution in [-0.2, 0) is 0 Å². The topological polar surface area (TPSA) is 49.8 Å². The molecule has 0 radical (unpaired) electrons. The zero-order valence-electron chi connectivity index (χ0n) is 5.04. The van der Waals surface area contributed by atoms with Crippen molar-refractivity contribution in [2.45, 2.75) is 6.04 Å². The lowest BCUT2D eigenvalue weighted by Gasteiger charge is -1.97. The maximum Gasteiger partial charge on any atom is 0.120 e. The van der Waals surface area contributed by atoms with Gasteiger partial charge in [0, 0.05) is 5.56 Å². The Bertz CT molecular complexity index is 263. The van der Waals surface area contributed by atoms with Crippen molar-refractivity contribution in [1.82, 2.24) is 0 Å². The molecule has 1 unspecified atom stereocenters. The number of rotatable bonds is 1. The van der Waals surface area contributed by atoms with E-state index < -0.39 is 6.04 Å². The molecule has 0 amide bonds. The van der Waals surface area contributed by atoms with E-state index in [1.807, 2.05) is 17.5 Å². The summed E-state index contributed by atoms with van der Waals surface area (Å²) in [7, 11) is 0. The third kappa shape index (κ3) is 1.37. The van der Waals surface area contributed by atoms with E-state index in [0.29, 0.717) is 0 Å². The summed E-state index contributed by atoms with van der Waals surface area (Å²) in [6.45, 7) is 0. The Kier molecular flexibility index (Phi) is 2.44. The maximum absolute atomic E-state index is 8.44. The van der Waals surface area contributed by atoms with Gasteiger partial charge in [-0.1, -0.05) is 0 Å². The Morgan fingerprint density at radius 3 is 2.90 bits per heavy atom. The van der Waals surface area contributed by atoms with Gasteiger partial charge < -0.3 is 5.73 Å². The molecule has 0 saturated carbocycles. The molecule has 2 N–H and O–H groups in total. The lowest BCUT2D eigenvalue weighted by Crippen LogP contribution is -2.05. The number of thiophene rings is 1. The Morgan fingerprint density at radius 1 is 1.80 bits per heavy atom. The van der Waals surface area contributed by atoms with E-state index in [1.54, 1.807) is 0 Å². The average Bonchev–Trinajstić information content (AvgIpc) is 2.34. The number of nitrogens with zero attached hydrogens (tertiary/aromatic N) is 1. The third-order valence-corrected chi connectivity index (χ3v) is 2.85. The van der Waals surface area contributed by atoms with Gasteiger partial charge >= 0.3 is 0 Å². The van der Waals surface area contributed by atoms with Crippen molar-refractivity contribution in [1.29, 1.82) is 5.26 Å². The molecule has 0 aliphatic rings. The zero-order valence-corrected chi connectivity index (χ0v) is 7.45. The van der Waals surface area contributed by atoms with Gasteiger partial charge in [-0.2, -0.15) is 5.26 Å². The van der Waals surface area contributed by atoms with Gasteiger partial charge in [-0.05, 0) is 27.4 Å². The molecule has 0 spiro atoms. The summed E-state index contributed by atoms with van der Waals surface area (Å²) in [5, 5.41) is 10.3. The number of hydrogen-bond acceptors (Lipinski definition) is 3. The highest BCUT2D eigenvalue weighted by molar-refractivity contribution is 9.11. The van der Waals surface area contributed by atoms with Crippen LogP contribution in [0, 0.1) is 11.3 Å². The second-order valence-electron chi connectivity index (χ2n) is 1.76. The van der Waals surface area contributed by atoms with Crippen LogP contribution in [0.1, 0.15) is 11.6 Å². The van der Waals surface area contributed by atoms with E-state index in [9.17, 15) is 0 Å². The molecule has 1 heterocycles. The molecule has 0 fully saturated rings. The Hall–Kier alpha value is -0.370.